The van der Waals surface area contributed by atoms with Gasteiger partial charge in [0.25, 0.3) is 0 Å². The molecule has 5 rings (SSSR count). The molecule has 0 saturated carbocycles. The summed E-state index contributed by atoms with van der Waals surface area (Å²) in [5.41, 5.74) is 4.74. The van der Waals surface area contributed by atoms with Crippen LogP contribution in [-0.2, 0) is 11.0 Å². The number of anilines is 2. The summed E-state index contributed by atoms with van der Waals surface area (Å²) in [7, 11) is 0. The average molecular weight is 513 g/mol. The van der Waals surface area contributed by atoms with Crippen LogP contribution >= 0.6 is 22.7 Å². The lowest BCUT2D eigenvalue weighted by atomic mass is 10.1. The smallest absolute Gasteiger partial charge is 0.265 e. The van der Waals surface area contributed by atoms with Crippen molar-refractivity contribution < 1.29 is 18.0 Å². The molecule has 0 fully saturated rings. The summed E-state index contributed by atoms with van der Waals surface area (Å²) in [6, 6.07) is 18.4. The summed E-state index contributed by atoms with van der Waals surface area (Å²) in [4.78, 5) is 20.9. The lowest BCUT2D eigenvalue weighted by Gasteiger charge is -2.06. The summed E-state index contributed by atoms with van der Waals surface area (Å²) in [5.74, 6) is -0.561. The molecule has 0 saturated heterocycles. The zero-order valence-corrected chi connectivity index (χ0v) is 19.6. The number of aryl methyl sites for hydroxylation is 1. The van der Waals surface area contributed by atoms with Crippen LogP contribution in [0.1, 0.15) is 16.1 Å². The van der Waals surface area contributed by atoms with Crippen molar-refractivity contribution in [3.05, 3.63) is 82.2 Å². The fraction of sp³-hybridized carbons (Fsp3) is 0.0870. The molecule has 1 aliphatic rings. The van der Waals surface area contributed by atoms with Crippen LogP contribution in [-0.4, -0.2) is 27.3 Å². The van der Waals surface area contributed by atoms with Crippen LogP contribution in [0.15, 0.2) is 76.2 Å². The van der Waals surface area contributed by atoms with E-state index in [4.69, 9.17) is 0 Å². The molecule has 2 aromatic carbocycles. The van der Waals surface area contributed by atoms with Crippen molar-refractivity contribution in [1.82, 2.24) is 9.97 Å². The zero-order valence-electron chi connectivity index (χ0n) is 17.9. The van der Waals surface area contributed by atoms with E-state index in [-0.39, 0.29) is 22.2 Å². The van der Waals surface area contributed by atoms with Gasteiger partial charge in [-0.3, -0.25) is 10.2 Å². The number of rotatable bonds is 5. The minimum atomic E-state index is -4.52. The van der Waals surface area contributed by atoms with Crippen molar-refractivity contribution in [2.45, 2.75) is 13.1 Å². The molecular weight excluding hydrogens is 497 g/mol. The van der Waals surface area contributed by atoms with Gasteiger partial charge in [0.15, 0.2) is 5.71 Å². The Morgan fingerprint density at radius 1 is 0.971 bits per heavy atom. The average Bonchev–Trinajstić information content (AvgIpc) is 3.56. The number of benzene rings is 2. The molecule has 0 spiro atoms. The Kier molecular flexibility index (Phi) is 5.91. The highest BCUT2D eigenvalue weighted by Gasteiger charge is 2.37. The lowest BCUT2D eigenvalue weighted by molar-refractivity contribution is -0.134. The Morgan fingerprint density at radius 2 is 1.63 bits per heavy atom. The molecule has 4 aromatic rings. The second-order valence-corrected chi connectivity index (χ2v) is 9.15. The Bertz CT molecular complexity index is 1440. The van der Waals surface area contributed by atoms with Gasteiger partial charge in [-0.1, -0.05) is 72.0 Å². The monoisotopic (exact) mass is 512 g/mol. The maximum Gasteiger partial charge on any atom is 0.427 e. The summed E-state index contributed by atoms with van der Waals surface area (Å²) in [6.45, 7) is 1.27. The molecule has 3 heterocycles. The van der Waals surface area contributed by atoms with Gasteiger partial charge in [0.2, 0.25) is 10.3 Å². The highest BCUT2D eigenvalue weighted by Crippen LogP contribution is 2.38. The van der Waals surface area contributed by atoms with Crippen LogP contribution in [0.5, 0.6) is 0 Å². The molecule has 1 aliphatic heterocycles. The van der Waals surface area contributed by atoms with Gasteiger partial charge in [-0.15, -0.1) is 11.3 Å². The Balaban J connectivity index is 1.49. The number of nitrogens with zero attached hydrogens (tertiary/aromatic N) is 5. The molecule has 0 bridgehead atoms. The minimum absolute atomic E-state index is 0.0610. The van der Waals surface area contributed by atoms with Crippen molar-refractivity contribution in [3.63, 3.8) is 0 Å². The van der Waals surface area contributed by atoms with E-state index in [0.717, 1.165) is 10.6 Å². The zero-order chi connectivity index (χ0) is 24.6. The van der Waals surface area contributed by atoms with E-state index in [9.17, 15) is 18.0 Å². The van der Waals surface area contributed by atoms with Gasteiger partial charge >= 0.3 is 12.1 Å². The molecule has 0 atom stereocenters. The highest BCUT2D eigenvalue weighted by molar-refractivity contribution is 7.15. The lowest BCUT2D eigenvalue weighted by Crippen LogP contribution is -2.28. The molecule has 0 unspecified atom stereocenters. The van der Waals surface area contributed by atoms with Crippen molar-refractivity contribution in [2.24, 2.45) is 10.2 Å². The van der Waals surface area contributed by atoms with Crippen molar-refractivity contribution in [1.29, 1.82) is 0 Å². The van der Waals surface area contributed by atoms with Gasteiger partial charge in [-0.2, -0.15) is 28.4 Å². The molecule has 1 amide bonds. The van der Waals surface area contributed by atoms with Gasteiger partial charge < -0.3 is 0 Å². The normalized spacial score (nSPS) is 15.1. The molecule has 35 heavy (non-hydrogen) atoms. The van der Waals surface area contributed by atoms with E-state index < -0.39 is 17.0 Å². The number of amides is 1. The van der Waals surface area contributed by atoms with E-state index in [2.05, 4.69) is 25.6 Å². The SMILES string of the molecule is Cc1nc(N/N=C2\C(=O)N(c3nc(-c4ccccc4)cs3)N=C2c2ccccc2)sc1C(F)(F)F. The van der Waals surface area contributed by atoms with E-state index in [1.165, 1.54) is 18.3 Å². The largest absolute Gasteiger partial charge is 0.427 e. The van der Waals surface area contributed by atoms with Gasteiger partial charge in [-0.05, 0) is 6.92 Å². The quantitative estimate of drug-likeness (QED) is 0.342. The maximum absolute atomic E-state index is 13.3. The molecule has 1 N–H and O–H groups in total. The minimum Gasteiger partial charge on any atom is -0.265 e. The molecule has 12 heteroatoms. The van der Waals surface area contributed by atoms with Crippen LogP contribution < -0.4 is 10.4 Å². The number of carbonyl (C=O) groups excluding carboxylic acids is 1. The number of alkyl halides is 3. The van der Waals surface area contributed by atoms with Crippen LogP contribution in [0.25, 0.3) is 11.3 Å². The Labute approximate surface area is 205 Å². The molecule has 7 nitrogen and oxygen atoms in total. The number of halogens is 3. The Hall–Kier alpha value is -3.90. The number of hydrogen-bond acceptors (Lipinski definition) is 8. The number of nitrogens with one attached hydrogen (secondary N) is 1. The first kappa shape index (κ1) is 22.9. The number of hydrazone groups is 2. The fourth-order valence-electron chi connectivity index (χ4n) is 3.33. The predicted molar refractivity (Wildman–Crippen MR) is 131 cm³/mol. The number of hydrogen-bond donors (Lipinski definition) is 1. The Morgan fingerprint density at radius 3 is 2.26 bits per heavy atom. The summed E-state index contributed by atoms with van der Waals surface area (Å²) in [5, 5.41) is 11.8. The van der Waals surface area contributed by atoms with E-state index in [0.29, 0.717) is 27.7 Å². The van der Waals surface area contributed by atoms with E-state index in [1.54, 1.807) is 24.3 Å². The highest BCUT2D eigenvalue weighted by atomic mass is 32.1. The van der Waals surface area contributed by atoms with Gasteiger partial charge in [-0.25, -0.2) is 9.97 Å². The van der Waals surface area contributed by atoms with Crippen molar-refractivity contribution in [2.75, 3.05) is 10.4 Å². The molecule has 176 valence electrons. The summed E-state index contributed by atoms with van der Waals surface area (Å²) < 4.78 is 39.4. The maximum atomic E-state index is 13.3. The van der Waals surface area contributed by atoms with Crippen LogP contribution in [0.3, 0.4) is 0 Å². The van der Waals surface area contributed by atoms with E-state index in [1.807, 2.05) is 41.8 Å². The first-order chi connectivity index (χ1) is 16.8. The third-order valence-electron chi connectivity index (χ3n) is 4.93. The number of thiazole rings is 2. The molecule has 2 aromatic heterocycles. The van der Waals surface area contributed by atoms with Gasteiger partial charge in [0.05, 0.1) is 11.4 Å². The summed E-state index contributed by atoms with van der Waals surface area (Å²) in [6.07, 6.45) is -4.52. The third-order valence-corrected chi connectivity index (χ3v) is 6.85. The van der Waals surface area contributed by atoms with Crippen LogP contribution in [0, 0.1) is 6.92 Å². The standard InChI is InChI=1S/C23H15F3N6OS2/c1-13-19(23(24,25)26)35-21(27-13)30-29-18-17(15-10-6-3-7-11-15)31-32(20(18)33)22-28-16(12-34-22)14-8-4-2-5-9-14/h2-12H,1H3,(H,27,30)/b29-18-. The molecule has 0 radical (unpaired) electrons. The second kappa shape index (κ2) is 9.04. The summed E-state index contributed by atoms with van der Waals surface area (Å²) >= 11 is 1.66. The van der Waals surface area contributed by atoms with Crippen molar-refractivity contribution in [3.8, 4) is 11.3 Å². The first-order valence-electron chi connectivity index (χ1n) is 10.2. The van der Waals surface area contributed by atoms with E-state index >= 15 is 0 Å². The third kappa shape index (κ3) is 4.57. The van der Waals surface area contributed by atoms with Gasteiger partial charge in [0, 0.05) is 16.5 Å². The van der Waals surface area contributed by atoms with Crippen LogP contribution in [0.4, 0.5) is 23.4 Å². The second-order valence-electron chi connectivity index (χ2n) is 7.32. The van der Waals surface area contributed by atoms with Crippen molar-refractivity contribution >= 4 is 50.3 Å². The van der Waals surface area contributed by atoms with Crippen LogP contribution in [0.2, 0.25) is 0 Å². The first-order valence-corrected chi connectivity index (χ1v) is 11.9. The molecule has 0 aliphatic carbocycles. The topological polar surface area (TPSA) is 82.8 Å². The predicted octanol–water partition coefficient (Wildman–Crippen LogP) is 5.81. The number of carbonyl (C=O) groups is 1. The molecular formula is C23H15F3N6OS2. The van der Waals surface area contributed by atoms with Gasteiger partial charge in [0.1, 0.15) is 10.6 Å². The number of aromatic nitrogens is 2. The fourth-order valence-corrected chi connectivity index (χ4v) is 4.89.